The number of nitrogens with one attached hydrogen (secondary N) is 1. The number of halogens is 2. The minimum absolute atomic E-state index is 0.216. The van der Waals surface area contributed by atoms with E-state index in [9.17, 15) is 9.50 Å². The highest BCUT2D eigenvalue weighted by Gasteiger charge is 2.16. The smallest absolute Gasteiger partial charge is 0.147 e. The molecular weight excluding hydrogens is 281 g/mol. The lowest BCUT2D eigenvalue weighted by atomic mass is 9.98. The summed E-state index contributed by atoms with van der Waals surface area (Å²) in [7, 11) is 0. The monoisotopic (exact) mass is 301 g/mol. The van der Waals surface area contributed by atoms with Gasteiger partial charge in [0.2, 0.25) is 0 Å². The molecule has 2 N–H and O–H groups in total. The van der Waals surface area contributed by atoms with E-state index in [0.29, 0.717) is 5.02 Å². The zero-order valence-corrected chi connectivity index (χ0v) is 12.2. The summed E-state index contributed by atoms with van der Waals surface area (Å²) >= 11 is 5.90. The van der Waals surface area contributed by atoms with Gasteiger partial charge >= 0.3 is 0 Å². The van der Waals surface area contributed by atoms with Gasteiger partial charge in [-0.25, -0.2) is 4.39 Å². The lowest BCUT2D eigenvalue weighted by molar-refractivity contribution is -0.0195. The standard InChI is InChI=1S/C15H21ClFNO2/c16-13-7-4-8-14(17)15(13)18-9-11(19)10-20-12-5-2-1-3-6-12/h4,7-8,11-12,18-19H,1-3,5-6,9-10H2. The van der Waals surface area contributed by atoms with E-state index in [-0.39, 0.29) is 24.9 Å². The van der Waals surface area contributed by atoms with Crippen LogP contribution in [0.5, 0.6) is 0 Å². The average molecular weight is 302 g/mol. The Kier molecular flexibility index (Phi) is 6.07. The SMILES string of the molecule is OC(CNc1c(F)cccc1Cl)COC1CCCCC1. The molecule has 1 aromatic carbocycles. The van der Waals surface area contributed by atoms with Crippen LogP contribution in [0.15, 0.2) is 18.2 Å². The molecule has 0 bridgehead atoms. The van der Waals surface area contributed by atoms with Crippen molar-refractivity contribution in [2.24, 2.45) is 0 Å². The van der Waals surface area contributed by atoms with Crippen molar-refractivity contribution < 1.29 is 14.2 Å². The van der Waals surface area contributed by atoms with E-state index in [1.165, 1.54) is 25.3 Å². The van der Waals surface area contributed by atoms with Crippen molar-refractivity contribution in [3.8, 4) is 0 Å². The quantitative estimate of drug-likeness (QED) is 0.843. The molecule has 0 aliphatic heterocycles. The van der Waals surface area contributed by atoms with Gasteiger partial charge in [-0.1, -0.05) is 36.9 Å². The number of rotatable bonds is 6. The van der Waals surface area contributed by atoms with Crippen molar-refractivity contribution >= 4 is 17.3 Å². The molecule has 112 valence electrons. The number of aliphatic hydroxyl groups excluding tert-OH is 1. The minimum Gasteiger partial charge on any atom is -0.389 e. The summed E-state index contributed by atoms with van der Waals surface area (Å²) in [6.07, 6.45) is 5.39. The molecule has 1 aliphatic carbocycles. The van der Waals surface area contributed by atoms with Gasteiger partial charge in [0.05, 0.1) is 29.5 Å². The summed E-state index contributed by atoms with van der Waals surface area (Å²) in [4.78, 5) is 0. The van der Waals surface area contributed by atoms with Crippen molar-refractivity contribution in [1.29, 1.82) is 0 Å². The maximum absolute atomic E-state index is 13.5. The third-order valence-electron chi connectivity index (χ3n) is 3.55. The molecule has 0 saturated heterocycles. The molecule has 1 atom stereocenters. The number of aliphatic hydroxyl groups is 1. The second kappa shape index (κ2) is 7.81. The summed E-state index contributed by atoms with van der Waals surface area (Å²) in [6, 6.07) is 4.49. The van der Waals surface area contributed by atoms with Crippen LogP contribution in [0.1, 0.15) is 32.1 Å². The van der Waals surface area contributed by atoms with E-state index in [1.807, 2.05) is 0 Å². The largest absolute Gasteiger partial charge is 0.389 e. The first kappa shape index (κ1) is 15.5. The van der Waals surface area contributed by atoms with Gasteiger partial charge in [0.15, 0.2) is 0 Å². The van der Waals surface area contributed by atoms with E-state index in [4.69, 9.17) is 16.3 Å². The lowest BCUT2D eigenvalue weighted by Gasteiger charge is -2.23. The zero-order valence-electron chi connectivity index (χ0n) is 11.4. The molecule has 2 rings (SSSR count). The molecule has 1 fully saturated rings. The van der Waals surface area contributed by atoms with Crippen molar-refractivity contribution in [3.05, 3.63) is 29.0 Å². The van der Waals surface area contributed by atoms with E-state index in [2.05, 4.69) is 5.32 Å². The number of para-hydroxylation sites is 1. The van der Waals surface area contributed by atoms with Crippen LogP contribution in [0.4, 0.5) is 10.1 Å². The maximum Gasteiger partial charge on any atom is 0.147 e. The van der Waals surface area contributed by atoms with Crippen LogP contribution in [-0.2, 0) is 4.74 Å². The van der Waals surface area contributed by atoms with Gasteiger partial charge in [-0.3, -0.25) is 0 Å². The van der Waals surface area contributed by atoms with Gasteiger partial charge in [0.1, 0.15) is 5.82 Å². The van der Waals surface area contributed by atoms with Crippen molar-refractivity contribution in [3.63, 3.8) is 0 Å². The van der Waals surface area contributed by atoms with E-state index < -0.39 is 11.9 Å². The van der Waals surface area contributed by atoms with Gasteiger partial charge < -0.3 is 15.2 Å². The minimum atomic E-state index is -0.674. The highest BCUT2D eigenvalue weighted by molar-refractivity contribution is 6.33. The number of hydrogen-bond donors (Lipinski definition) is 2. The molecule has 0 radical (unpaired) electrons. The average Bonchev–Trinajstić information content (AvgIpc) is 2.46. The Morgan fingerprint density at radius 2 is 2.10 bits per heavy atom. The molecule has 1 aliphatic rings. The molecule has 0 spiro atoms. The van der Waals surface area contributed by atoms with Gasteiger partial charge in [-0.15, -0.1) is 0 Å². The normalized spacial score (nSPS) is 17.9. The summed E-state index contributed by atoms with van der Waals surface area (Å²) in [5.41, 5.74) is 0.228. The third kappa shape index (κ3) is 4.62. The summed E-state index contributed by atoms with van der Waals surface area (Å²) in [6.45, 7) is 0.483. The molecule has 1 saturated carbocycles. The van der Waals surface area contributed by atoms with Crippen molar-refractivity contribution in [2.75, 3.05) is 18.5 Å². The molecule has 1 aromatic rings. The van der Waals surface area contributed by atoms with Gasteiger partial charge in [-0.2, -0.15) is 0 Å². The van der Waals surface area contributed by atoms with Crippen molar-refractivity contribution in [1.82, 2.24) is 0 Å². The Morgan fingerprint density at radius 3 is 2.80 bits per heavy atom. The maximum atomic E-state index is 13.5. The summed E-state index contributed by atoms with van der Waals surface area (Å²) < 4.78 is 19.2. The van der Waals surface area contributed by atoms with Gasteiger partial charge in [0.25, 0.3) is 0 Å². The van der Waals surface area contributed by atoms with Crippen LogP contribution >= 0.6 is 11.6 Å². The Balaban J connectivity index is 1.73. The van der Waals surface area contributed by atoms with Crippen LogP contribution in [-0.4, -0.2) is 30.5 Å². The first-order valence-electron chi connectivity index (χ1n) is 7.14. The first-order valence-corrected chi connectivity index (χ1v) is 7.52. The van der Waals surface area contributed by atoms with E-state index >= 15 is 0 Å². The molecule has 20 heavy (non-hydrogen) atoms. The second-order valence-corrected chi connectivity index (χ2v) is 5.63. The lowest BCUT2D eigenvalue weighted by Crippen LogP contribution is -2.29. The third-order valence-corrected chi connectivity index (χ3v) is 3.87. The highest BCUT2D eigenvalue weighted by atomic mass is 35.5. The van der Waals surface area contributed by atoms with Crippen molar-refractivity contribution in [2.45, 2.75) is 44.3 Å². The van der Waals surface area contributed by atoms with Crippen LogP contribution in [0.3, 0.4) is 0 Å². The number of hydrogen-bond acceptors (Lipinski definition) is 3. The molecule has 0 heterocycles. The Bertz CT molecular complexity index is 404. The molecular formula is C15H21ClFNO2. The fourth-order valence-electron chi connectivity index (χ4n) is 2.42. The Morgan fingerprint density at radius 1 is 1.35 bits per heavy atom. The number of ether oxygens (including phenoxy) is 1. The van der Waals surface area contributed by atoms with Crippen LogP contribution in [0, 0.1) is 5.82 Å². The van der Waals surface area contributed by atoms with Crippen LogP contribution in [0.2, 0.25) is 5.02 Å². The molecule has 0 aromatic heterocycles. The first-order chi connectivity index (χ1) is 9.66. The fourth-order valence-corrected chi connectivity index (χ4v) is 2.65. The van der Waals surface area contributed by atoms with Crippen LogP contribution < -0.4 is 5.32 Å². The zero-order chi connectivity index (χ0) is 14.4. The van der Waals surface area contributed by atoms with Crippen LogP contribution in [0.25, 0.3) is 0 Å². The van der Waals surface area contributed by atoms with E-state index in [1.54, 1.807) is 12.1 Å². The molecule has 1 unspecified atom stereocenters. The van der Waals surface area contributed by atoms with Gasteiger partial charge in [-0.05, 0) is 25.0 Å². The Hall–Kier alpha value is -0.840. The van der Waals surface area contributed by atoms with E-state index in [0.717, 1.165) is 12.8 Å². The number of benzene rings is 1. The topological polar surface area (TPSA) is 41.5 Å². The molecule has 5 heteroatoms. The number of anilines is 1. The predicted molar refractivity (Wildman–Crippen MR) is 78.7 cm³/mol. The highest BCUT2D eigenvalue weighted by Crippen LogP contribution is 2.24. The Labute approximate surface area is 124 Å². The van der Waals surface area contributed by atoms with Gasteiger partial charge in [0, 0.05) is 6.54 Å². The molecule has 0 amide bonds. The summed E-state index contributed by atoms with van der Waals surface area (Å²) in [5, 5.41) is 13.0. The predicted octanol–water partition coefficient (Wildman–Crippen LogP) is 3.60. The summed E-state index contributed by atoms with van der Waals surface area (Å²) in [5.74, 6) is -0.419. The fraction of sp³-hybridized carbons (Fsp3) is 0.600. The second-order valence-electron chi connectivity index (χ2n) is 5.22. The molecule has 3 nitrogen and oxygen atoms in total.